The maximum absolute atomic E-state index is 15.4. The maximum atomic E-state index is 15.4. The second-order valence-electron chi connectivity index (χ2n) is 7.55. The summed E-state index contributed by atoms with van der Waals surface area (Å²) in [6, 6.07) is 0. The Labute approximate surface area is 187 Å². The number of aromatic nitrogens is 2. The Hall–Kier alpha value is -1.34. The van der Waals surface area contributed by atoms with Crippen LogP contribution in [-0.2, 0) is 31.6 Å². The standard InChI is InChI=1S/C11H17FN5O14P3/c1-9(19)7(17-2-14-3-4(17)15-8(13)16-5(3)18)28-11(12)6(10(9,11)20)29-33(24,25)31-34(26,27)30-32(21,22)23/h2,6-8,15,19-20H,13H2,1H3,(H,16,18)(H,24,25)(H,26,27)(H2,21,22,23)/t6?,7-,8?,9+,10+,11-/m1/s1. The first-order valence-electron chi connectivity index (χ1n) is 8.77. The van der Waals surface area contributed by atoms with Gasteiger partial charge in [-0.05, 0) is 6.92 Å². The van der Waals surface area contributed by atoms with Crippen molar-refractivity contribution in [3.63, 3.8) is 0 Å². The van der Waals surface area contributed by atoms with Gasteiger partial charge in [0.1, 0.15) is 11.4 Å². The number of hydrogen-bond donors (Lipinski definition) is 9. The van der Waals surface area contributed by atoms with Crippen LogP contribution in [0.4, 0.5) is 10.2 Å². The third-order valence-corrected chi connectivity index (χ3v) is 8.99. The molecule has 19 nitrogen and oxygen atoms in total. The molecule has 1 saturated carbocycles. The first-order valence-corrected chi connectivity index (χ1v) is 13.3. The zero-order valence-electron chi connectivity index (χ0n) is 16.5. The van der Waals surface area contributed by atoms with Gasteiger partial charge in [0, 0.05) is 0 Å². The van der Waals surface area contributed by atoms with Crippen LogP contribution in [0.3, 0.4) is 0 Å². The van der Waals surface area contributed by atoms with Gasteiger partial charge in [-0.2, -0.15) is 8.62 Å². The number of phosphoric acid groups is 3. The summed E-state index contributed by atoms with van der Waals surface area (Å²) in [5.74, 6) is -4.26. The Morgan fingerprint density at radius 2 is 1.79 bits per heavy atom. The number of phosphoric ester groups is 1. The minimum atomic E-state index is -5.93. The molecule has 34 heavy (non-hydrogen) atoms. The van der Waals surface area contributed by atoms with E-state index in [-0.39, 0.29) is 11.5 Å². The van der Waals surface area contributed by atoms with Crippen molar-refractivity contribution in [1.29, 1.82) is 0 Å². The number of nitrogens with zero attached hydrogens (tertiary/aromatic N) is 2. The smallest absolute Gasteiger partial charge is 0.382 e. The Morgan fingerprint density at radius 1 is 1.18 bits per heavy atom. The molecule has 4 rings (SSSR count). The number of alkyl halides is 1. The maximum Gasteiger partial charge on any atom is 0.490 e. The van der Waals surface area contributed by atoms with E-state index in [4.69, 9.17) is 20.3 Å². The molecule has 1 aliphatic carbocycles. The summed E-state index contributed by atoms with van der Waals surface area (Å²) in [7, 11) is -17.5. The average Bonchev–Trinajstić information content (AvgIpc) is 2.89. The summed E-state index contributed by atoms with van der Waals surface area (Å²) >= 11 is 0. The first-order chi connectivity index (χ1) is 15.2. The van der Waals surface area contributed by atoms with Gasteiger partial charge in [-0.15, -0.1) is 0 Å². The lowest BCUT2D eigenvalue weighted by atomic mass is 9.95. The van der Waals surface area contributed by atoms with Gasteiger partial charge in [0.2, 0.25) is 0 Å². The molecule has 192 valence electrons. The van der Waals surface area contributed by atoms with E-state index < -0.39 is 65.1 Å². The molecule has 4 unspecified atom stereocenters. The molecular weight excluding hydrogens is 538 g/mol. The van der Waals surface area contributed by atoms with Gasteiger partial charge in [-0.25, -0.2) is 23.1 Å². The predicted octanol–water partition coefficient (Wildman–Crippen LogP) is -2.32. The number of aliphatic hydroxyl groups is 2. The van der Waals surface area contributed by atoms with E-state index in [1.54, 1.807) is 0 Å². The lowest BCUT2D eigenvalue weighted by Gasteiger charge is -2.34. The van der Waals surface area contributed by atoms with Crippen LogP contribution in [0.5, 0.6) is 0 Å². The van der Waals surface area contributed by atoms with Crippen molar-refractivity contribution in [2.45, 2.75) is 42.6 Å². The second kappa shape index (κ2) is 7.34. The summed E-state index contributed by atoms with van der Waals surface area (Å²) < 4.78 is 66.8. The van der Waals surface area contributed by atoms with Crippen LogP contribution < -0.4 is 16.4 Å². The van der Waals surface area contributed by atoms with E-state index in [9.17, 15) is 38.5 Å². The molecule has 0 aromatic carbocycles. The van der Waals surface area contributed by atoms with Crippen molar-refractivity contribution in [3.8, 4) is 0 Å². The van der Waals surface area contributed by atoms with Crippen LogP contribution in [0, 0.1) is 0 Å². The summed E-state index contributed by atoms with van der Waals surface area (Å²) in [5, 5.41) is 26.5. The van der Waals surface area contributed by atoms with Gasteiger partial charge in [0.05, 0.1) is 6.33 Å². The number of hydrogen-bond acceptors (Lipinski definition) is 13. The van der Waals surface area contributed by atoms with Crippen molar-refractivity contribution in [2.75, 3.05) is 5.32 Å². The predicted molar refractivity (Wildman–Crippen MR) is 99.6 cm³/mol. The molecule has 8 atom stereocenters. The number of ether oxygens (including phenoxy) is 1. The zero-order chi connectivity index (χ0) is 25.7. The number of carbonyl (C=O) groups excluding carboxylic acids is 1. The summed E-state index contributed by atoms with van der Waals surface area (Å²) in [6.07, 6.45) is -4.47. The molecule has 3 aliphatic rings. The third-order valence-electron chi connectivity index (χ3n) is 5.18. The molecule has 2 aliphatic heterocycles. The van der Waals surface area contributed by atoms with E-state index in [2.05, 4.69) is 28.8 Å². The lowest BCUT2D eigenvalue weighted by Crippen LogP contribution is -2.52. The van der Waals surface area contributed by atoms with Crippen molar-refractivity contribution < 1.29 is 70.5 Å². The van der Waals surface area contributed by atoms with Crippen molar-refractivity contribution in [1.82, 2.24) is 14.9 Å². The van der Waals surface area contributed by atoms with Gasteiger partial charge >= 0.3 is 23.5 Å². The Bertz CT molecular complexity index is 1200. The van der Waals surface area contributed by atoms with Crippen LogP contribution in [0.1, 0.15) is 23.6 Å². The number of amides is 1. The SMILES string of the molecule is C[C@]1(O)[C@H](n2cnc3c2NC(N)NC3=O)O[C@]2(F)C(OP(=O)(O)OP(=O)(O)OP(=O)(O)O)[C@]12O. The minimum absolute atomic E-state index is 0.125. The van der Waals surface area contributed by atoms with Gasteiger partial charge < -0.3 is 45.2 Å². The lowest BCUT2D eigenvalue weighted by molar-refractivity contribution is -0.179. The quantitative estimate of drug-likeness (QED) is 0.160. The molecule has 1 amide bonds. The molecule has 0 spiro atoms. The number of nitrogens with one attached hydrogen (secondary N) is 2. The molecule has 23 heteroatoms. The number of nitrogens with two attached hydrogens (primary N) is 1. The molecule has 1 aromatic heterocycles. The fraction of sp³-hybridized carbons (Fsp3) is 0.636. The third kappa shape index (κ3) is 3.85. The molecule has 3 heterocycles. The zero-order valence-corrected chi connectivity index (χ0v) is 19.1. The highest BCUT2D eigenvalue weighted by atomic mass is 31.3. The molecular formula is C11H17FN5O14P3. The Kier molecular flexibility index (Phi) is 5.56. The highest BCUT2D eigenvalue weighted by molar-refractivity contribution is 7.66. The van der Waals surface area contributed by atoms with Crippen LogP contribution in [0.15, 0.2) is 6.33 Å². The molecule has 10 N–H and O–H groups in total. The summed E-state index contributed by atoms with van der Waals surface area (Å²) in [6.45, 7) is 0.842. The van der Waals surface area contributed by atoms with Gasteiger partial charge in [-0.1, -0.05) is 0 Å². The van der Waals surface area contributed by atoms with Gasteiger partial charge in [0.15, 0.2) is 29.9 Å². The van der Waals surface area contributed by atoms with Crippen molar-refractivity contribution in [2.24, 2.45) is 5.73 Å². The topological polar surface area (TPSA) is 294 Å². The fourth-order valence-corrected chi connectivity index (χ4v) is 6.96. The Balaban J connectivity index is 1.57. The number of imidazole rings is 1. The number of carbonyl (C=O) groups is 1. The van der Waals surface area contributed by atoms with E-state index in [0.29, 0.717) is 0 Å². The monoisotopic (exact) mass is 555 g/mol. The molecule has 0 bridgehead atoms. The average molecular weight is 555 g/mol. The highest BCUT2D eigenvalue weighted by Gasteiger charge is 2.95. The van der Waals surface area contributed by atoms with Crippen LogP contribution in [0.2, 0.25) is 0 Å². The molecule has 0 radical (unpaired) electrons. The van der Waals surface area contributed by atoms with E-state index in [0.717, 1.165) is 17.8 Å². The highest BCUT2D eigenvalue weighted by Crippen LogP contribution is 2.74. The van der Waals surface area contributed by atoms with Gasteiger partial charge in [0.25, 0.3) is 11.8 Å². The normalized spacial score (nSPS) is 40.4. The largest absolute Gasteiger partial charge is 0.490 e. The van der Waals surface area contributed by atoms with E-state index in [1.165, 1.54) is 0 Å². The number of halogens is 1. The van der Waals surface area contributed by atoms with E-state index >= 15 is 4.39 Å². The Morgan fingerprint density at radius 3 is 2.32 bits per heavy atom. The molecule has 1 aromatic rings. The molecule has 1 saturated heterocycles. The second-order valence-corrected chi connectivity index (χ2v) is 11.9. The van der Waals surface area contributed by atoms with Crippen molar-refractivity contribution in [3.05, 3.63) is 12.0 Å². The summed E-state index contributed by atoms with van der Waals surface area (Å²) in [5.41, 5.74) is -0.386. The van der Waals surface area contributed by atoms with Gasteiger partial charge in [-0.3, -0.25) is 19.6 Å². The van der Waals surface area contributed by atoms with E-state index in [1.807, 2.05) is 0 Å². The fourth-order valence-electron chi connectivity index (χ4n) is 3.74. The molecule has 2 fully saturated rings. The van der Waals surface area contributed by atoms with Crippen LogP contribution >= 0.6 is 23.5 Å². The number of fused-ring (bicyclic) bond motifs is 2. The van der Waals surface area contributed by atoms with Crippen molar-refractivity contribution >= 4 is 35.2 Å². The van der Waals surface area contributed by atoms with Crippen LogP contribution in [-0.4, -0.2) is 74.7 Å². The minimum Gasteiger partial charge on any atom is -0.382 e. The van der Waals surface area contributed by atoms with Crippen LogP contribution in [0.25, 0.3) is 0 Å². The first kappa shape index (κ1) is 25.7. The summed E-state index contributed by atoms with van der Waals surface area (Å²) in [4.78, 5) is 51.6. The number of anilines is 1. The number of rotatable bonds is 7.